The second kappa shape index (κ2) is 6.79. The maximum Gasteiger partial charge on any atom is 0.0597 e. The Morgan fingerprint density at radius 3 is 2.00 bits per heavy atom. The average molecular weight is 281 g/mol. The predicted octanol–water partition coefficient (Wildman–Crippen LogP) is 4.10. The van der Waals surface area contributed by atoms with Crippen LogP contribution in [0.5, 0.6) is 0 Å². The van der Waals surface area contributed by atoms with Crippen LogP contribution in [0.3, 0.4) is 0 Å². The van der Waals surface area contributed by atoms with Crippen LogP contribution in [0.25, 0.3) is 0 Å². The fourth-order valence-electron chi connectivity index (χ4n) is 5.07. The lowest BCUT2D eigenvalue weighted by molar-refractivity contribution is 0.0399. The van der Waals surface area contributed by atoms with Gasteiger partial charge in [-0.3, -0.25) is 0 Å². The topological polar surface area (TPSA) is 21.3 Å². The Balaban J connectivity index is 2.13. The number of rotatable bonds is 4. The van der Waals surface area contributed by atoms with Crippen molar-refractivity contribution in [2.45, 2.75) is 79.1 Å². The minimum absolute atomic E-state index is 0.400. The smallest absolute Gasteiger partial charge is 0.0597 e. The molecule has 1 saturated heterocycles. The van der Waals surface area contributed by atoms with Gasteiger partial charge in [-0.05, 0) is 63.3 Å². The van der Waals surface area contributed by atoms with Crippen LogP contribution in [0.15, 0.2) is 0 Å². The van der Waals surface area contributed by atoms with Crippen LogP contribution in [-0.2, 0) is 4.74 Å². The van der Waals surface area contributed by atoms with E-state index in [1.165, 1.54) is 19.3 Å². The molecule has 1 N–H and O–H groups in total. The highest BCUT2D eigenvalue weighted by molar-refractivity contribution is 4.96. The number of hydrogen-bond acceptors (Lipinski definition) is 2. The van der Waals surface area contributed by atoms with Crippen LogP contribution in [-0.4, -0.2) is 24.8 Å². The van der Waals surface area contributed by atoms with Crippen molar-refractivity contribution in [2.24, 2.45) is 29.6 Å². The van der Waals surface area contributed by atoms with Crippen LogP contribution in [0.1, 0.15) is 60.8 Å². The van der Waals surface area contributed by atoms with Gasteiger partial charge in [0.1, 0.15) is 0 Å². The number of ether oxygens (including phenoxy) is 1. The fourth-order valence-corrected chi connectivity index (χ4v) is 5.07. The summed E-state index contributed by atoms with van der Waals surface area (Å²) >= 11 is 0. The molecule has 1 saturated carbocycles. The first kappa shape index (κ1) is 16.3. The van der Waals surface area contributed by atoms with Crippen LogP contribution >= 0.6 is 0 Å². The van der Waals surface area contributed by atoms with Gasteiger partial charge in [-0.2, -0.15) is 0 Å². The van der Waals surface area contributed by atoms with Crippen molar-refractivity contribution in [1.29, 1.82) is 0 Å². The minimum Gasteiger partial charge on any atom is -0.375 e. The normalized spacial score (nSPS) is 47.4. The summed E-state index contributed by atoms with van der Waals surface area (Å²) in [5.41, 5.74) is 0. The molecule has 1 aliphatic heterocycles. The van der Waals surface area contributed by atoms with E-state index in [0.29, 0.717) is 30.1 Å². The van der Waals surface area contributed by atoms with Crippen molar-refractivity contribution in [3.05, 3.63) is 0 Å². The van der Waals surface area contributed by atoms with Crippen LogP contribution in [0, 0.1) is 29.6 Å². The largest absolute Gasteiger partial charge is 0.375 e. The van der Waals surface area contributed by atoms with Crippen LogP contribution in [0.4, 0.5) is 0 Å². The van der Waals surface area contributed by atoms with Crippen molar-refractivity contribution in [3.8, 4) is 0 Å². The standard InChI is InChI=1S/C18H35NO/c1-7-19-18(16-9-11(2)8-12(3)10-16)17-13(4)14(5)20-15(17)6/h11-19H,7-10H2,1-6H3. The van der Waals surface area contributed by atoms with E-state index in [1.54, 1.807) is 0 Å². The van der Waals surface area contributed by atoms with E-state index in [9.17, 15) is 0 Å². The minimum atomic E-state index is 0.400. The Morgan fingerprint density at radius 1 is 0.950 bits per heavy atom. The summed E-state index contributed by atoms with van der Waals surface area (Å²) in [5.74, 6) is 3.94. The van der Waals surface area contributed by atoms with Gasteiger partial charge in [0, 0.05) is 12.0 Å². The molecular formula is C18H35NO. The predicted molar refractivity (Wildman–Crippen MR) is 85.8 cm³/mol. The summed E-state index contributed by atoms with van der Waals surface area (Å²) in [6, 6.07) is 0.639. The molecule has 118 valence electrons. The van der Waals surface area contributed by atoms with E-state index < -0.39 is 0 Å². The van der Waals surface area contributed by atoms with Gasteiger partial charge in [-0.25, -0.2) is 0 Å². The molecule has 0 aromatic rings. The third-order valence-corrected chi connectivity index (χ3v) is 5.90. The lowest BCUT2D eigenvalue weighted by Gasteiger charge is -2.41. The van der Waals surface area contributed by atoms with Gasteiger partial charge in [0.25, 0.3) is 0 Å². The van der Waals surface area contributed by atoms with Crippen molar-refractivity contribution in [1.82, 2.24) is 5.32 Å². The number of hydrogen-bond donors (Lipinski definition) is 1. The lowest BCUT2D eigenvalue weighted by Crippen LogP contribution is -2.48. The zero-order valence-corrected chi connectivity index (χ0v) is 14.4. The molecule has 7 unspecified atom stereocenters. The van der Waals surface area contributed by atoms with Crippen molar-refractivity contribution >= 4 is 0 Å². The Bertz CT molecular complexity index is 296. The molecule has 0 aromatic heterocycles. The van der Waals surface area contributed by atoms with Gasteiger partial charge >= 0.3 is 0 Å². The molecule has 2 nitrogen and oxygen atoms in total. The third kappa shape index (κ3) is 3.39. The summed E-state index contributed by atoms with van der Waals surface area (Å²) in [6.07, 6.45) is 5.02. The van der Waals surface area contributed by atoms with E-state index >= 15 is 0 Å². The SMILES string of the molecule is CCNC(C1CC(C)CC(C)C1)C1C(C)OC(C)C1C. The first-order valence-corrected chi connectivity index (χ1v) is 8.82. The molecule has 0 amide bonds. The molecule has 0 spiro atoms. The first-order valence-electron chi connectivity index (χ1n) is 8.82. The average Bonchev–Trinajstić information content (AvgIpc) is 2.60. The van der Waals surface area contributed by atoms with Gasteiger partial charge < -0.3 is 10.1 Å². The number of nitrogens with one attached hydrogen (secondary N) is 1. The maximum atomic E-state index is 6.12. The van der Waals surface area contributed by atoms with Crippen LogP contribution in [0.2, 0.25) is 0 Å². The summed E-state index contributed by atoms with van der Waals surface area (Å²) in [7, 11) is 0. The Kier molecular flexibility index (Phi) is 5.53. The van der Waals surface area contributed by atoms with Crippen molar-refractivity contribution in [2.75, 3.05) is 6.54 Å². The molecule has 1 heterocycles. The Labute approximate surface area is 126 Å². The molecular weight excluding hydrogens is 246 g/mol. The fraction of sp³-hybridized carbons (Fsp3) is 1.00. The first-order chi connectivity index (χ1) is 9.43. The summed E-state index contributed by atoms with van der Waals surface area (Å²) < 4.78 is 6.12. The molecule has 1 aliphatic carbocycles. The molecule has 0 bridgehead atoms. The zero-order chi connectivity index (χ0) is 14.9. The molecule has 2 rings (SSSR count). The molecule has 2 aliphatic rings. The second-order valence-corrected chi connectivity index (χ2v) is 7.74. The zero-order valence-electron chi connectivity index (χ0n) is 14.4. The van der Waals surface area contributed by atoms with E-state index in [1.807, 2.05) is 0 Å². The molecule has 20 heavy (non-hydrogen) atoms. The molecule has 7 atom stereocenters. The molecule has 0 radical (unpaired) electrons. The third-order valence-electron chi connectivity index (χ3n) is 5.90. The highest BCUT2D eigenvalue weighted by Crippen LogP contribution is 2.42. The monoisotopic (exact) mass is 281 g/mol. The Morgan fingerprint density at radius 2 is 1.55 bits per heavy atom. The van der Waals surface area contributed by atoms with E-state index in [-0.39, 0.29) is 0 Å². The summed E-state index contributed by atoms with van der Waals surface area (Å²) in [5, 5.41) is 3.84. The quantitative estimate of drug-likeness (QED) is 0.838. The van der Waals surface area contributed by atoms with Gasteiger partial charge in [-0.1, -0.05) is 27.7 Å². The molecule has 0 aromatic carbocycles. The van der Waals surface area contributed by atoms with Gasteiger partial charge in [0.15, 0.2) is 0 Å². The van der Waals surface area contributed by atoms with Crippen LogP contribution < -0.4 is 5.32 Å². The van der Waals surface area contributed by atoms with Gasteiger partial charge in [0.2, 0.25) is 0 Å². The maximum absolute atomic E-state index is 6.12. The van der Waals surface area contributed by atoms with E-state index in [2.05, 4.69) is 46.9 Å². The van der Waals surface area contributed by atoms with Gasteiger partial charge in [-0.15, -0.1) is 0 Å². The highest BCUT2D eigenvalue weighted by Gasteiger charge is 2.45. The second-order valence-electron chi connectivity index (χ2n) is 7.74. The summed E-state index contributed by atoms with van der Waals surface area (Å²) in [6.45, 7) is 15.1. The molecule has 2 heteroatoms. The van der Waals surface area contributed by atoms with E-state index in [4.69, 9.17) is 4.74 Å². The lowest BCUT2D eigenvalue weighted by atomic mass is 9.68. The highest BCUT2D eigenvalue weighted by atomic mass is 16.5. The molecule has 2 fully saturated rings. The van der Waals surface area contributed by atoms with E-state index in [0.717, 1.165) is 24.3 Å². The van der Waals surface area contributed by atoms with Crippen molar-refractivity contribution < 1.29 is 4.74 Å². The Hall–Kier alpha value is -0.0800. The van der Waals surface area contributed by atoms with Crippen molar-refractivity contribution in [3.63, 3.8) is 0 Å². The van der Waals surface area contributed by atoms with Gasteiger partial charge in [0.05, 0.1) is 12.2 Å². The summed E-state index contributed by atoms with van der Waals surface area (Å²) in [4.78, 5) is 0.